The highest BCUT2D eigenvalue weighted by Crippen LogP contribution is 2.19. The van der Waals surface area contributed by atoms with Crippen LogP contribution in [0.4, 0.5) is 4.39 Å². The van der Waals surface area contributed by atoms with Gasteiger partial charge < -0.3 is 0 Å². The van der Waals surface area contributed by atoms with E-state index in [1.807, 2.05) is 20.8 Å². The van der Waals surface area contributed by atoms with Crippen molar-refractivity contribution in [1.29, 1.82) is 0 Å². The maximum atomic E-state index is 13.8. The molecular formula is C12H19FN2O4S2. The van der Waals surface area contributed by atoms with Crippen LogP contribution in [0.15, 0.2) is 28.0 Å². The molecule has 0 saturated heterocycles. The second kappa shape index (κ2) is 6.39. The van der Waals surface area contributed by atoms with E-state index in [9.17, 15) is 21.2 Å². The summed E-state index contributed by atoms with van der Waals surface area (Å²) in [6, 6.07) is 2.44. The highest BCUT2D eigenvalue weighted by atomic mass is 32.2. The lowest BCUT2D eigenvalue weighted by molar-refractivity contribution is 0.414. The van der Waals surface area contributed by atoms with Crippen LogP contribution in [0.1, 0.15) is 20.8 Å². The van der Waals surface area contributed by atoms with Crippen molar-refractivity contribution >= 4 is 20.0 Å². The van der Waals surface area contributed by atoms with Gasteiger partial charge >= 0.3 is 0 Å². The lowest BCUT2D eigenvalue weighted by Crippen LogP contribution is -2.31. The van der Waals surface area contributed by atoms with Gasteiger partial charge in [-0.3, -0.25) is 0 Å². The van der Waals surface area contributed by atoms with Gasteiger partial charge in [0, 0.05) is 6.54 Å². The number of nitrogens with two attached hydrogens (primary N) is 1. The van der Waals surface area contributed by atoms with E-state index in [1.165, 1.54) is 0 Å². The zero-order valence-electron chi connectivity index (χ0n) is 12.0. The van der Waals surface area contributed by atoms with Crippen molar-refractivity contribution in [3.05, 3.63) is 24.0 Å². The van der Waals surface area contributed by atoms with Gasteiger partial charge in [0.1, 0.15) is 10.7 Å². The first-order chi connectivity index (χ1) is 9.45. The van der Waals surface area contributed by atoms with Crippen molar-refractivity contribution < 1.29 is 21.2 Å². The standard InChI is InChI=1S/C12H19FN2O4S2/c1-8(2)9(3)7-15-21(18,19)12-5-4-10(6-11(12)13)20(14,16)17/h4-6,8-9,15H,7H2,1-3H3,(H2,14,16,17). The third-order valence-corrected chi connectivity index (χ3v) is 5.62. The van der Waals surface area contributed by atoms with Gasteiger partial charge in [-0.15, -0.1) is 0 Å². The fourth-order valence-electron chi connectivity index (χ4n) is 1.43. The number of nitrogens with one attached hydrogen (secondary N) is 1. The molecule has 1 atom stereocenters. The van der Waals surface area contributed by atoms with Crippen molar-refractivity contribution in [2.24, 2.45) is 17.0 Å². The van der Waals surface area contributed by atoms with Gasteiger partial charge in [0.05, 0.1) is 4.90 Å². The summed E-state index contributed by atoms with van der Waals surface area (Å²) < 4.78 is 62.3. The molecule has 0 bridgehead atoms. The number of rotatable bonds is 6. The van der Waals surface area contributed by atoms with Gasteiger partial charge in [-0.1, -0.05) is 20.8 Å². The summed E-state index contributed by atoms with van der Waals surface area (Å²) in [4.78, 5) is -1.08. The largest absolute Gasteiger partial charge is 0.243 e. The number of hydrogen-bond donors (Lipinski definition) is 2. The molecule has 6 nitrogen and oxygen atoms in total. The van der Waals surface area contributed by atoms with E-state index in [1.54, 1.807) is 0 Å². The van der Waals surface area contributed by atoms with Crippen molar-refractivity contribution in [3.8, 4) is 0 Å². The van der Waals surface area contributed by atoms with Crippen LogP contribution in [-0.2, 0) is 20.0 Å². The number of sulfonamides is 2. The maximum Gasteiger partial charge on any atom is 0.243 e. The predicted octanol–water partition coefficient (Wildman–Crippen LogP) is 1.04. The van der Waals surface area contributed by atoms with E-state index in [0.717, 1.165) is 12.1 Å². The summed E-state index contributed by atoms with van der Waals surface area (Å²) in [5, 5.41) is 4.86. The Balaban J connectivity index is 3.05. The van der Waals surface area contributed by atoms with Crippen LogP contribution in [0.5, 0.6) is 0 Å². The first kappa shape index (κ1) is 18.0. The van der Waals surface area contributed by atoms with Crippen molar-refractivity contribution in [2.75, 3.05) is 6.54 Å². The fourth-order valence-corrected chi connectivity index (χ4v) is 3.16. The second-order valence-electron chi connectivity index (χ2n) is 5.21. The Morgan fingerprint density at radius 1 is 1.19 bits per heavy atom. The normalized spacial score (nSPS) is 14.4. The Bertz CT molecular complexity index is 715. The van der Waals surface area contributed by atoms with Crippen LogP contribution in [0, 0.1) is 17.7 Å². The summed E-state index contributed by atoms with van der Waals surface area (Å²) in [5.74, 6) is -0.819. The van der Waals surface area contributed by atoms with E-state index in [2.05, 4.69) is 4.72 Å². The molecule has 1 aromatic carbocycles. The molecule has 1 aromatic rings. The molecule has 0 saturated carbocycles. The Hall–Kier alpha value is -1.03. The minimum atomic E-state index is -4.08. The van der Waals surface area contributed by atoms with E-state index >= 15 is 0 Å². The van der Waals surface area contributed by atoms with Gasteiger partial charge in [-0.2, -0.15) is 0 Å². The van der Waals surface area contributed by atoms with Crippen LogP contribution in [-0.4, -0.2) is 23.4 Å². The molecule has 120 valence electrons. The predicted molar refractivity (Wildman–Crippen MR) is 77.0 cm³/mol. The summed E-state index contributed by atoms with van der Waals surface area (Å²) in [6.07, 6.45) is 0. The number of hydrogen-bond acceptors (Lipinski definition) is 4. The molecule has 21 heavy (non-hydrogen) atoms. The first-order valence-electron chi connectivity index (χ1n) is 6.27. The highest BCUT2D eigenvalue weighted by Gasteiger charge is 2.22. The van der Waals surface area contributed by atoms with Crippen LogP contribution >= 0.6 is 0 Å². The quantitative estimate of drug-likeness (QED) is 0.808. The zero-order valence-corrected chi connectivity index (χ0v) is 13.6. The molecule has 0 fully saturated rings. The van der Waals surface area contributed by atoms with E-state index < -0.39 is 35.7 Å². The fraction of sp³-hybridized carbons (Fsp3) is 0.500. The number of halogens is 1. The molecule has 9 heteroatoms. The third-order valence-electron chi connectivity index (χ3n) is 3.25. The topological polar surface area (TPSA) is 106 Å². The minimum Gasteiger partial charge on any atom is -0.225 e. The number of benzene rings is 1. The summed E-state index contributed by atoms with van der Waals surface area (Å²) in [7, 11) is -8.12. The van der Waals surface area contributed by atoms with Crippen LogP contribution < -0.4 is 9.86 Å². The third kappa shape index (κ3) is 4.73. The molecular weight excluding hydrogens is 319 g/mol. The molecule has 1 unspecified atom stereocenters. The zero-order chi connectivity index (χ0) is 16.4. The van der Waals surface area contributed by atoms with Crippen molar-refractivity contribution in [3.63, 3.8) is 0 Å². The van der Waals surface area contributed by atoms with Gasteiger partial charge in [0.15, 0.2) is 0 Å². The minimum absolute atomic E-state index is 0.0755. The Labute approximate surface area is 124 Å². The Morgan fingerprint density at radius 2 is 1.76 bits per heavy atom. The lowest BCUT2D eigenvalue weighted by Gasteiger charge is -2.16. The van der Waals surface area contributed by atoms with Gasteiger partial charge in [-0.05, 0) is 30.0 Å². The van der Waals surface area contributed by atoms with Gasteiger partial charge in [0.25, 0.3) is 0 Å². The summed E-state index contributed by atoms with van der Waals surface area (Å²) in [5.41, 5.74) is 0. The molecule has 0 aliphatic carbocycles. The number of primary sulfonamides is 1. The average Bonchev–Trinajstić information content (AvgIpc) is 2.34. The van der Waals surface area contributed by atoms with E-state index in [-0.39, 0.29) is 18.4 Å². The summed E-state index contributed by atoms with van der Waals surface area (Å²) in [6.45, 7) is 5.92. The summed E-state index contributed by atoms with van der Waals surface area (Å²) >= 11 is 0. The highest BCUT2D eigenvalue weighted by molar-refractivity contribution is 7.89. The average molecular weight is 338 g/mol. The SMILES string of the molecule is CC(C)C(C)CNS(=O)(=O)c1ccc(S(N)(=O)=O)cc1F. The molecule has 0 heterocycles. The van der Waals surface area contributed by atoms with Crippen molar-refractivity contribution in [2.45, 2.75) is 30.6 Å². The molecule has 0 aromatic heterocycles. The first-order valence-corrected chi connectivity index (χ1v) is 9.30. The van der Waals surface area contributed by atoms with Crippen LogP contribution in [0.3, 0.4) is 0 Å². The molecule has 0 spiro atoms. The molecule has 0 aliphatic heterocycles. The molecule has 0 radical (unpaired) electrons. The second-order valence-corrected chi connectivity index (χ2v) is 8.51. The smallest absolute Gasteiger partial charge is 0.225 e. The maximum absolute atomic E-state index is 13.8. The molecule has 3 N–H and O–H groups in total. The van der Waals surface area contributed by atoms with Crippen molar-refractivity contribution in [1.82, 2.24) is 4.72 Å². The van der Waals surface area contributed by atoms with Gasteiger partial charge in [-0.25, -0.2) is 31.1 Å². The lowest BCUT2D eigenvalue weighted by atomic mass is 9.99. The monoisotopic (exact) mass is 338 g/mol. The van der Waals surface area contributed by atoms with Gasteiger partial charge in [0.2, 0.25) is 20.0 Å². The Morgan fingerprint density at radius 3 is 2.19 bits per heavy atom. The molecule has 0 amide bonds. The van der Waals surface area contributed by atoms with Crippen LogP contribution in [0.25, 0.3) is 0 Å². The molecule has 1 rings (SSSR count). The Kier molecular flexibility index (Phi) is 5.48. The molecule has 0 aliphatic rings. The van der Waals surface area contributed by atoms with E-state index in [0.29, 0.717) is 6.07 Å². The van der Waals surface area contributed by atoms with Crippen LogP contribution in [0.2, 0.25) is 0 Å². The van der Waals surface area contributed by atoms with E-state index in [4.69, 9.17) is 5.14 Å².